The second-order valence-electron chi connectivity index (χ2n) is 4.85. The lowest BCUT2D eigenvalue weighted by Gasteiger charge is -2.20. The molecule has 5 heteroatoms. The third-order valence-corrected chi connectivity index (χ3v) is 3.84. The average Bonchev–Trinajstić information content (AvgIpc) is 2.72. The molecule has 96 valence electrons. The third kappa shape index (κ3) is 2.41. The Bertz CT molecular complexity index is 503. The summed E-state index contributed by atoms with van der Waals surface area (Å²) in [5, 5.41) is 9.14. The number of halogens is 1. The molecule has 0 unspecified atom stereocenters. The largest absolute Gasteiger partial charge is 0.481 e. The number of benzene rings is 1. The van der Waals surface area contributed by atoms with Gasteiger partial charge in [0.25, 0.3) is 5.91 Å². The normalized spacial score (nSPS) is 23.1. The van der Waals surface area contributed by atoms with E-state index < -0.39 is 11.4 Å². The molecular formula is C13H14BrNO3. The molecule has 0 aliphatic carbocycles. The van der Waals surface area contributed by atoms with Gasteiger partial charge in [-0.15, -0.1) is 0 Å². The Morgan fingerprint density at radius 3 is 2.72 bits per heavy atom. The highest BCUT2D eigenvalue weighted by Crippen LogP contribution is 2.31. The molecule has 0 radical (unpaired) electrons. The molecular weight excluding hydrogens is 298 g/mol. The van der Waals surface area contributed by atoms with Crippen LogP contribution in [0.15, 0.2) is 28.7 Å². The van der Waals surface area contributed by atoms with Crippen LogP contribution in [0.5, 0.6) is 0 Å². The van der Waals surface area contributed by atoms with Crippen molar-refractivity contribution in [2.45, 2.75) is 13.3 Å². The number of likely N-dealkylation sites (tertiary alicyclic amines) is 1. The zero-order chi connectivity index (χ0) is 13.3. The Morgan fingerprint density at radius 2 is 2.17 bits per heavy atom. The highest BCUT2D eigenvalue weighted by Gasteiger charge is 2.42. The van der Waals surface area contributed by atoms with E-state index in [0.717, 1.165) is 4.47 Å². The molecule has 18 heavy (non-hydrogen) atoms. The number of carboxylic acid groups (broad SMARTS) is 1. The summed E-state index contributed by atoms with van der Waals surface area (Å²) in [4.78, 5) is 25.0. The van der Waals surface area contributed by atoms with Gasteiger partial charge >= 0.3 is 5.97 Å². The molecule has 1 aromatic carbocycles. The summed E-state index contributed by atoms with van der Waals surface area (Å²) in [6, 6.07) is 7.13. The van der Waals surface area contributed by atoms with Crippen LogP contribution in [0.25, 0.3) is 0 Å². The molecule has 1 heterocycles. The van der Waals surface area contributed by atoms with Gasteiger partial charge in [0, 0.05) is 23.1 Å². The minimum atomic E-state index is -0.841. The SMILES string of the molecule is C[C@@]1(C(=O)O)CCN(C(=O)c2cccc(Br)c2)C1. The predicted molar refractivity (Wildman–Crippen MR) is 70.4 cm³/mol. The molecule has 1 aliphatic rings. The fourth-order valence-electron chi connectivity index (χ4n) is 2.11. The van der Waals surface area contributed by atoms with Gasteiger partial charge in [0.05, 0.1) is 5.41 Å². The first-order valence-electron chi connectivity index (χ1n) is 5.71. The van der Waals surface area contributed by atoms with Crippen LogP contribution in [-0.4, -0.2) is 35.0 Å². The molecule has 1 aliphatic heterocycles. The van der Waals surface area contributed by atoms with Crippen LogP contribution < -0.4 is 0 Å². The first-order valence-corrected chi connectivity index (χ1v) is 6.50. The number of hydrogen-bond donors (Lipinski definition) is 1. The zero-order valence-corrected chi connectivity index (χ0v) is 11.6. The number of nitrogens with zero attached hydrogens (tertiary/aromatic N) is 1. The molecule has 0 saturated carbocycles. The van der Waals surface area contributed by atoms with Crippen LogP contribution in [0.1, 0.15) is 23.7 Å². The van der Waals surface area contributed by atoms with Crippen LogP contribution in [0.2, 0.25) is 0 Å². The van der Waals surface area contributed by atoms with Gasteiger partial charge in [-0.2, -0.15) is 0 Å². The van der Waals surface area contributed by atoms with E-state index in [1.807, 2.05) is 6.07 Å². The molecule has 1 amide bonds. The lowest BCUT2D eigenvalue weighted by atomic mass is 9.90. The number of rotatable bonds is 2. The van der Waals surface area contributed by atoms with E-state index in [-0.39, 0.29) is 12.5 Å². The van der Waals surface area contributed by atoms with Gasteiger partial charge in [-0.25, -0.2) is 0 Å². The van der Waals surface area contributed by atoms with Gasteiger partial charge in [-0.1, -0.05) is 22.0 Å². The summed E-state index contributed by atoms with van der Waals surface area (Å²) < 4.78 is 0.841. The second-order valence-corrected chi connectivity index (χ2v) is 5.77. The summed E-state index contributed by atoms with van der Waals surface area (Å²) in [6.45, 7) is 2.45. The van der Waals surface area contributed by atoms with Crippen molar-refractivity contribution in [3.8, 4) is 0 Å². The topological polar surface area (TPSA) is 57.6 Å². The van der Waals surface area contributed by atoms with E-state index in [0.29, 0.717) is 18.5 Å². The summed E-state index contributed by atoms with van der Waals surface area (Å²) in [5.41, 5.74) is -0.235. The Labute approximate surface area is 114 Å². The predicted octanol–water partition coefficient (Wildman–Crippen LogP) is 2.39. The van der Waals surface area contributed by atoms with Crippen molar-refractivity contribution < 1.29 is 14.7 Å². The first kappa shape index (κ1) is 13.1. The van der Waals surface area contributed by atoms with E-state index in [2.05, 4.69) is 15.9 Å². The van der Waals surface area contributed by atoms with Crippen LogP contribution in [0.3, 0.4) is 0 Å². The summed E-state index contributed by atoms with van der Waals surface area (Å²) >= 11 is 3.32. The molecule has 1 saturated heterocycles. The standard InChI is InChI=1S/C13H14BrNO3/c1-13(12(17)18)5-6-15(8-13)11(16)9-3-2-4-10(14)7-9/h2-4,7H,5-6,8H2,1H3,(H,17,18)/t13-/m1/s1. The molecule has 0 bridgehead atoms. The lowest BCUT2D eigenvalue weighted by Crippen LogP contribution is -2.34. The lowest BCUT2D eigenvalue weighted by molar-refractivity contribution is -0.147. The number of carbonyl (C=O) groups excluding carboxylic acids is 1. The van der Waals surface area contributed by atoms with Crippen LogP contribution in [-0.2, 0) is 4.79 Å². The number of carbonyl (C=O) groups is 2. The number of amides is 1. The van der Waals surface area contributed by atoms with Gasteiger partial charge in [-0.05, 0) is 31.5 Å². The van der Waals surface area contributed by atoms with Gasteiger partial charge < -0.3 is 10.0 Å². The average molecular weight is 312 g/mol. The van der Waals surface area contributed by atoms with Crippen molar-refractivity contribution in [3.05, 3.63) is 34.3 Å². The van der Waals surface area contributed by atoms with Crippen molar-refractivity contribution >= 4 is 27.8 Å². The Balaban J connectivity index is 2.15. The molecule has 1 atom stereocenters. The minimum Gasteiger partial charge on any atom is -0.481 e. The summed E-state index contributed by atoms with van der Waals surface area (Å²) in [5.74, 6) is -0.951. The summed E-state index contributed by atoms with van der Waals surface area (Å²) in [6.07, 6.45) is 0.502. The zero-order valence-electron chi connectivity index (χ0n) is 10.0. The number of carboxylic acids is 1. The van der Waals surface area contributed by atoms with E-state index in [9.17, 15) is 9.59 Å². The fraction of sp³-hybridized carbons (Fsp3) is 0.385. The molecule has 0 spiro atoms. The highest BCUT2D eigenvalue weighted by molar-refractivity contribution is 9.10. The molecule has 0 aromatic heterocycles. The van der Waals surface area contributed by atoms with E-state index in [1.54, 1.807) is 30.0 Å². The third-order valence-electron chi connectivity index (χ3n) is 3.35. The van der Waals surface area contributed by atoms with Gasteiger partial charge in [0.1, 0.15) is 0 Å². The highest BCUT2D eigenvalue weighted by atomic mass is 79.9. The Morgan fingerprint density at radius 1 is 1.44 bits per heavy atom. The second kappa shape index (κ2) is 4.72. The smallest absolute Gasteiger partial charge is 0.311 e. The Kier molecular flexibility index (Phi) is 3.43. The fourth-order valence-corrected chi connectivity index (χ4v) is 2.51. The van der Waals surface area contributed by atoms with Gasteiger partial charge in [0.2, 0.25) is 0 Å². The van der Waals surface area contributed by atoms with Crippen LogP contribution >= 0.6 is 15.9 Å². The van der Waals surface area contributed by atoms with Crippen molar-refractivity contribution in [2.75, 3.05) is 13.1 Å². The quantitative estimate of drug-likeness (QED) is 0.912. The van der Waals surface area contributed by atoms with E-state index in [4.69, 9.17) is 5.11 Å². The summed E-state index contributed by atoms with van der Waals surface area (Å²) in [7, 11) is 0. The monoisotopic (exact) mass is 311 g/mol. The minimum absolute atomic E-state index is 0.110. The van der Waals surface area contributed by atoms with E-state index >= 15 is 0 Å². The Hall–Kier alpha value is -1.36. The maximum absolute atomic E-state index is 12.2. The molecule has 1 N–H and O–H groups in total. The van der Waals surface area contributed by atoms with Crippen molar-refractivity contribution in [1.82, 2.24) is 4.90 Å². The molecule has 4 nitrogen and oxygen atoms in total. The van der Waals surface area contributed by atoms with Crippen molar-refractivity contribution in [1.29, 1.82) is 0 Å². The number of hydrogen-bond acceptors (Lipinski definition) is 2. The van der Waals surface area contributed by atoms with Gasteiger partial charge in [0.15, 0.2) is 0 Å². The van der Waals surface area contributed by atoms with Crippen molar-refractivity contribution in [3.63, 3.8) is 0 Å². The molecule has 2 rings (SSSR count). The van der Waals surface area contributed by atoms with Gasteiger partial charge in [-0.3, -0.25) is 9.59 Å². The van der Waals surface area contributed by atoms with E-state index in [1.165, 1.54) is 0 Å². The van der Waals surface area contributed by atoms with Crippen molar-refractivity contribution in [2.24, 2.45) is 5.41 Å². The number of aliphatic carboxylic acids is 1. The maximum atomic E-state index is 12.2. The first-order chi connectivity index (χ1) is 8.42. The maximum Gasteiger partial charge on any atom is 0.311 e. The van der Waals surface area contributed by atoms with Crippen LogP contribution in [0, 0.1) is 5.41 Å². The molecule has 1 aromatic rings. The van der Waals surface area contributed by atoms with Crippen LogP contribution in [0.4, 0.5) is 0 Å². The molecule has 1 fully saturated rings.